The molecule has 5 N–H and O–H groups in total. The van der Waals surface area contributed by atoms with Gasteiger partial charge in [0.1, 0.15) is 0 Å². The number of anilines is 1. The van der Waals surface area contributed by atoms with Crippen LogP contribution in [0.1, 0.15) is 29.6 Å². The van der Waals surface area contributed by atoms with Crippen LogP contribution in [0.4, 0.5) is 18.9 Å². The smallest absolute Gasteiger partial charge is 0.255 e. The highest BCUT2D eigenvalue weighted by Crippen LogP contribution is 2.55. The maximum atomic E-state index is 13.5. The van der Waals surface area contributed by atoms with Crippen molar-refractivity contribution in [2.24, 2.45) is 11.8 Å². The molecule has 5 rings (SSSR count). The third-order valence-corrected chi connectivity index (χ3v) is 11.5. The van der Waals surface area contributed by atoms with Crippen molar-refractivity contribution in [1.82, 2.24) is 4.72 Å². The van der Waals surface area contributed by atoms with Crippen molar-refractivity contribution in [1.29, 1.82) is 0 Å². The lowest BCUT2D eigenvalue weighted by molar-refractivity contribution is -0.170. The van der Waals surface area contributed by atoms with E-state index >= 15 is 0 Å². The number of sulfonamides is 1. The van der Waals surface area contributed by atoms with Gasteiger partial charge in [-0.1, -0.05) is 11.6 Å². The highest BCUT2D eigenvalue weighted by Gasteiger charge is 2.60. The molecule has 2 bridgehead atoms. The number of carbonyl (C=O) groups excluding carboxylic acids is 1. The molecule has 0 saturated heterocycles. The number of hydrogen-bond acceptors (Lipinski definition) is 8. The molecular weight excluding hydrogens is 601 g/mol. The molecule has 16 heteroatoms. The topological polar surface area (TPSA) is 170 Å². The van der Waals surface area contributed by atoms with Gasteiger partial charge >= 0.3 is 0 Å². The molecule has 0 heterocycles. The number of carbonyl (C=O) groups is 1. The summed E-state index contributed by atoms with van der Waals surface area (Å²) in [5.41, 5.74) is -2.10. The van der Waals surface area contributed by atoms with Crippen molar-refractivity contribution in [3.63, 3.8) is 0 Å². The summed E-state index contributed by atoms with van der Waals surface area (Å²) in [7, 11) is -8.17. The van der Waals surface area contributed by atoms with Crippen molar-refractivity contribution in [3.8, 4) is 0 Å². The van der Waals surface area contributed by atoms with Crippen LogP contribution in [0.2, 0.25) is 5.02 Å². The number of hydrogen-bond donors (Lipinski definition) is 5. The second-order valence-corrected chi connectivity index (χ2v) is 14.5. The van der Waals surface area contributed by atoms with Crippen molar-refractivity contribution in [2.75, 3.05) is 24.2 Å². The molecule has 0 radical (unpaired) electrons. The van der Waals surface area contributed by atoms with E-state index in [1.54, 1.807) is 0 Å². The lowest BCUT2D eigenvalue weighted by atomic mass is 9.54. The number of fused-ring (bicyclic) bond motifs is 2. The summed E-state index contributed by atoms with van der Waals surface area (Å²) in [5.74, 6) is -7.59. The summed E-state index contributed by atoms with van der Waals surface area (Å²) in [4.78, 5) is 12.3. The Bertz CT molecular complexity index is 1510. The third-order valence-electron chi connectivity index (χ3n) is 7.46. The molecule has 2 aromatic rings. The van der Waals surface area contributed by atoms with Crippen LogP contribution in [0.15, 0.2) is 35.2 Å². The van der Waals surface area contributed by atoms with Gasteiger partial charge in [-0.2, -0.15) is 0 Å². The zero-order valence-corrected chi connectivity index (χ0v) is 23.0. The van der Waals surface area contributed by atoms with Gasteiger partial charge in [-0.15, -0.1) is 0 Å². The summed E-state index contributed by atoms with van der Waals surface area (Å²) in [6, 6.07) is 4.51. The SMILES string of the molecule is O=C(Nc1cc(F)c(F)c(F)c1)c1ccc(Cl)c(S(=O)(=O)[C@H]2CC3CC(C2)[C@]3(O)CNS(=O)(=O)CC(O)CO)c1. The molecule has 3 atom stereocenters. The quantitative estimate of drug-likeness (QED) is 0.248. The highest BCUT2D eigenvalue weighted by atomic mass is 35.5. The monoisotopic (exact) mass is 626 g/mol. The van der Waals surface area contributed by atoms with Crippen LogP contribution >= 0.6 is 11.6 Å². The standard InChI is InChI=1S/C24H26ClF3N2O8S2/c25-18-2-1-12(23(33)30-15-7-19(26)22(28)20(27)8-15)3-21(18)40(37,38)17-5-13-4-14(6-17)24(13,34)11-29-39(35,36)10-16(32)9-31/h1-3,7-8,13-14,16-17,29,31-32,34H,4-6,9-11H2,(H,30,33)/t13?,14?,16?,17-,24-. The van der Waals surface area contributed by atoms with Gasteiger partial charge < -0.3 is 20.6 Å². The van der Waals surface area contributed by atoms with E-state index in [0.717, 1.165) is 6.07 Å². The molecule has 2 aromatic carbocycles. The summed E-state index contributed by atoms with van der Waals surface area (Å²) in [5, 5.41) is 30.3. The van der Waals surface area contributed by atoms with Gasteiger partial charge in [-0.3, -0.25) is 4.79 Å². The van der Waals surface area contributed by atoms with E-state index in [1.807, 2.05) is 0 Å². The molecule has 3 unspecified atom stereocenters. The van der Waals surface area contributed by atoms with Gasteiger partial charge in [-0.25, -0.2) is 34.7 Å². The zero-order chi connectivity index (χ0) is 29.6. The largest absolute Gasteiger partial charge is 0.394 e. The van der Waals surface area contributed by atoms with E-state index in [1.165, 1.54) is 12.1 Å². The fraction of sp³-hybridized carbons (Fsp3) is 0.458. The number of benzene rings is 2. The summed E-state index contributed by atoms with van der Waals surface area (Å²) in [6.45, 7) is -1.15. The lowest BCUT2D eigenvalue weighted by Gasteiger charge is -2.58. The second-order valence-electron chi connectivity index (χ2n) is 10.1. The molecule has 3 aliphatic rings. The molecule has 10 nitrogen and oxygen atoms in total. The number of amides is 1. The Morgan fingerprint density at radius 3 is 2.23 bits per heavy atom. The molecule has 220 valence electrons. The third kappa shape index (κ3) is 6.00. The van der Waals surface area contributed by atoms with Crippen LogP contribution in [-0.2, 0) is 19.9 Å². The van der Waals surface area contributed by atoms with Crippen LogP contribution in [0, 0.1) is 29.3 Å². The van der Waals surface area contributed by atoms with Crippen molar-refractivity contribution < 1.29 is 50.1 Å². The van der Waals surface area contributed by atoms with Gasteiger partial charge in [0.25, 0.3) is 5.91 Å². The summed E-state index contributed by atoms with van der Waals surface area (Å²) >= 11 is 6.16. The van der Waals surface area contributed by atoms with Crippen LogP contribution in [0.25, 0.3) is 0 Å². The minimum absolute atomic E-state index is 0.0167. The Balaban J connectivity index is 1.48. The first-order valence-electron chi connectivity index (χ1n) is 12.1. The molecule has 3 aliphatic carbocycles. The maximum Gasteiger partial charge on any atom is 0.255 e. The van der Waals surface area contributed by atoms with Crippen LogP contribution in [0.3, 0.4) is 0 Å². The maximum absolute atomic E-state index is 13.5. The Morgan fingerprint density at radius 2 is 1.65 bits per heavy atom. The number of aliphatic hydroxyl groups is 3. The molecule has 0 aliphatic heterocycles. The lowest BCUT2D eigenvalue weighted by Crippen LogP contribution is -2.66. The second kappa shape index (κ2) is 11.2. The first-order chi connectivity index (χ1) is 18.6. The van der Waals surface area contributed by atoms with Gasteiger partial charge in [0.15, 0.2) is 27.3 Å². The number of nitrogens with one attached hydrogen (secondary N) is 2. The predicted octanol–water partition coefficient (Wildman–Crippen LogP) is 1.59. The fourth-order valence-electron chi connectivity index (χ4n) is 5.26. The predicted molar refractivity (Wildman–Crippen MR) is 137 cm³/mol. The molecule has 40 heavy (non-hydrogen) atoms. The molecule has 0 spiro atoms. The van der Waals surface area contributed by atoms with Crippen molar-refractivity contribution in [3.05, 3.63) is 58.4 Å². The average molecular weight is 627 g/mol. The van der Waals surface area contributed by atoms with Crippen molar-refractivity contribution >= 4 is 43.1 Å². The average Bonchev–Trinajstić information content (AvgIpc) is 2.90. The van der Waals surface area contributed by atoms with E-state index in [-0.39, 0.29) is 28.3 Å². The minimum atomic E-state index is -4.15. The Morgan fingerprint density at radius 1 is 1.05 bits per heavy atom. The van der Waals surface area contributed by atoms with E-state index in [9.17, 15) is 45.0 Å². The summed E-state index contributed by atoms with van der Waals surface area (Å²) < 4.78 is 93.7. The minimum Gasteiger partial charge on any atom is -0.394 e. The number of sulfone groups is 1. The van der Waals surface area contributed by atoms with Gasteiger partial charge in [0.05, 0.1) is 39.2 Å². The first kappa shape index (κ1) is 30.7. The molecule has 3 saturated carbocycles. The Kier molecular flexibility index (Phi) is 8.58. The fourth-order valence-corrected chi connectivity index (χ4v) is 8.84. The summed E-state index contributed by atoms with van der Waals surface area (Å²) in [6.07, 6.45) is -1.07. The van der Waals surface area contributed by atoms with Crippen LogP contribution in [-0.4, -0.2) is 73.9 Å². The molecule has 1 amide bonds. The molecule has 0 aromatic heterocycles. The van der Waals surface area contributed by atoms with Gasteiger partial charge in [-0.05, 0) is 49.3 Å². The normalized spacial score (nSPS) is 25.2. The first-order valence-corrected chi connectivity index (χ1v) is 15.6. The van der Waals surface area contributed by atoms with Gasteiger partial charge in [0.2, 0.25) is 10.0 Å². The van der Waals surface area contributed by atoms with E-state index in [0.29, 0.717) is 18.6 Å². The highest BCUT2D eigenvalue weighted by molar-refractivity contribution is 7.92. The van der Waals surface area contributed by atoms with E-state index < -0.39 is 96.6 Å². The van der Waals surface area contributed by atoms with Crippen LogP contribution in [0.5, 0.6) is 0 Å². The van der Waals surface area contributed by atoms with Crippen molar-refractivity contribution in [2.45, 2.75) is 41.1 Å². The van der Waals surface area contributed by atoms with E-state index in [4.69, 9.17) is 16.7 Å². The molecule has 3 fully saturated rings. The number of halogens is 4. The van der Waals surface area contributed by atoms with Gasteiger partial charge in [0, 0.05) is 29.9 Å². The Labute approximate surface area is 233 Å². The Hall–Kier alpha value is -2.27. The van der Waals surface area contributed by atoms with E-state index in [2.05, 4.69) is 10.0 Å². The van der Waals surface area contributed by atoms with Crippen LogP contribution < -0.4 is 10.0 Å². The number of rotatable bonds is 10. The number of aliphatic hydroxyl groups excluding tert-OH is 2. The molecular formula is C24H26ClF3N2O8S2. The zero-order valence-electron chi connectivity index (χ0n) is 20.7.